The van der Waals surface area contributed by atoms with E-state index in [0.717, 1.165) is 4.47 Å². The number of nitrogens with one attached hydrogen (secondary N) is 1. The summed E-state index contributed by atoms with van der Waals surface area (Å²) >= 11 is 3.37. The van der Waals surface area contributed by atoms with Crippen molar-refractivity contribution in [3.63, 3.8) is 0 Å². The summed E-state index contributed by atoms with van der Waals surface area (Å²) in [5.74, 6) is 0.212. The lowest BCUT2D eigenvalue weighted by Gasteiger charge is -2.14. The summed E-state index contributed by atoms with van der Waals surface area (Å²) in [4.78, 5) is 11.4. The summed E-state index contributed by atoms with van der Waals surface area (Å²) in [7, 11) is 1.30. The Morgan fingerprint density at radius 1 is 1.43 bits per heavy atom. The van der Waals surface area contributed by atoms with Gasteiger partial charge in [0.25, 0.3) is 0 Å². The summed E-state index contributed by atoms with van der Waals surface area (Å²) in [5.41, 5.74) is 1.22. The van der Waals surface area contributed by atoms with Gasteiger partial charge in [0.2, 0.25) is 5.76 Å². The molecule has 1 aromatic heterocycles. The summed E-state index contributed by atoms with van der Waals surface area (Å²) in [6, 6.07) is 10.5. The molecule has 0 fully saturated rings. The van der Waals surface area contributed by atoms with E-state index in [9.17, 15) is 4.79 Å². The van der Waals surface area contributed by atoms with Crippen LogP contribution in [-0.2, 0) is 4.74 Å². The average Bonchev–Trinajstić information content (AvgIpc) is 2.96. The lowest BCUT2D eigenvalue weighted by Crippen LogP contribution is -2.07. The number of nitrogens with zero attached hydrogens (tertiary/aromatic N) is 1. The van der Waals surface area contributed by atoms with Crippen molar-refractivity contribution < 1.29 is 13.9 Å². The molecule has 0 bridgehead atoms. The molecule has 2 rings (SSSR count). The van der Waals surface area contributed by atoms with Crippen molar-refractivity contribution in [3.8, 4) is 6.07 Å². The normalized spacial score (nSPS) is 11.5. The Morgan fingerprint density at radius 3 is 2.86 bits per heavy atom. The molecule has 0 radical (unpaired) electrons. The van der Waals surface area contributed by atoms with Crippen LogP contribution in [0.4, 0.5) is 5.69 Å². The fraction of sp³-hybridized carbons (Fsp3) is 0.200. The van der Waals surface area contributed by atoms with Gasteiger partial charge in [-0.15, -0.1) is 0 Å². The zero-order chi connectivity index (χ0) is 15.4. The maximum absolute atomic E-state index is 11.4. The van der Waals surface area contributed by atoms with Crippen molar-refractivity contribution >= 4 is 27.6 Å². The van der Waals surface area contributed by atoms with Crippen LogP contribution in [0, 0.1) is 11.3 Å². The minimum absolute atomic E-state index is 0.149. The highest BCUT2D eigenvalue weighted by Gasteiger charge is 2.16. The van der Waals surface area contributed by atoms with Crippen LogP contribution < -0.4 is 5.32 Å². The third-order valence-electron chi connectivity index (χ3n) is 2.91. The van der Waals surface area contributed by atoms with E-state index in [2.05, 4.69) is 32.1 Å². The highest BCUT2D eigenvalue weighted by molar-refractivity contribution is 9.10. The number of carbonyl (C=O) groups is 1. The zero-order valence-corrected chi connectivity index (χ0v) is 13.1. The van der Waals surface area contributed by atoms with E-state index in [1.54, 1.807) is 24.3 Å². The predicted molar refractivity (Wildman–Crippen MR) is 80.9 cm³/mol. The lowest BCUT2D eigenvalue weighted by atomic mass is 10.1. The number of hydrogen-bond donors (Lipinski definition) is 1. The van der Waals surface area contributed by atoms with Crippen LogP contribution in [0.1, 0.15) is 34.8 Å². The molecule has 1 N–H and O–H groups in total. The Kier molecular flexibility index (Phi) is 4.66. The number of methoxy groups -OCH3 is 1. The number of nitriles is 1. The van der Waals surface area contributed by atoms with Crippen molar-refractivity contribution in [3.05, 3.63) is 51.9 Å². The van der Waals surface area contributed by atoms with Crippen LogP contribution in [-0.4, -0.2) is 13.1 Å². The van der Waals surface area contributed by atoms with E-state index in [1.165, 1.54) is 7.11 Å². The Balaban J connectivity index is 2.20. The highest BCUT2D eigenvalue weighted by Crippen LogP contribution is 2.26. The molecule has 5 nitrogen and oxygen atoms in total. The number of rotatable bonds is 4. The standard InChI is InChI=1S/C15H13BrN2O3/c1-9(13-5-6-14(21-13)15(19)20-2)18-12-7-11(16)4-3-10(12)8-17/h3-7,9,18H,1-2H3. The lowest BCUT2D eigenvalue weighted by molar-refractivity contribution is 0.0562. The van der Waals surface area contributed by atoms with Crippen LogP contribution in [0.2, 0.25) is 0 Å². The average molecular weight is 349 g/mol. The largest absolute Gasteiger partial charge is 0.463 e. The molecular weight excluding hydrogens is 336 g/mol. The van der Waals surface area contributed by atoms with Gasteiger partial charge in [-0.05, 0) is 37.3 Å². The molecule has 1 heterocycles. The number of benzene rings is 1. The molecule has 0 aliphatic heterocycles. The van der Waals surface area contributed by atoms with Gasteiger partial charge in [0.15, 0.2) is 0 Å². The second-order valence-corrected chi connectivity index (χ2v) is 5.28. The van der Waals surface area contributed by atoms with E-state index in [-0.39, 0.29) is 11.8 Å². The molecular formula is C15H13BrN2O3. The first-order valence-corrected chi connectivity index (χ1v) is 6.98. The summed E-state index contributed by atoms with van der Waals surface area (Å²) in [5, 5.41) is 12.3. The molecule has 0 aliphatic rings. The monoisotopic (exact) mass is 348 g/mol. The van der Waals surface area contributed by atoms with Gasteiger partial charge >= 0.3 is 5.97 Å². The molecule has 21 heavy (non-hydrogen) atoms. The molecule has 1 unspecified atom stereocenters. The molecule has 0 spiro atoms. The topological polar surface area (TPSA) is 75.3 Å². The summed E-state index contributed by atoms with van der Waals surface area (Å²) in [6.45, 7) is 1.88. The maximum Gasteiger partial charge on any atom is 0.373 e. The molecule has 6 heteroatoms. The number of ether oxygens (including phenoxy) is 1. The van der Waals surface area contributed by atoms with Gasteiger partial charge in [0, 0.05) is 4.47 Å². The Hall–Kier alpha value is -2.26. The smallest absolute Gasteiger partial charge is 0.373 e. The minimum atomic E-state index is -0.520. The van der Waals surface area contributed by atoms with Crippen LogP contribution in [0.15, 0.2) is 39.2 Å². The molecule has 2 aromatic rings. The van der Waals surface area contributed by atoms with Gasteiger partial charge in [-0.3, -0.25) is 0 Å². The summed E-state index contributed by atoms with van der Waals surface area (Å²) in [6.07, 6.45) is 0. The summed E-state index contributed by atoms with van der Waals surface area (Å²) < 4.78 is 10.9. The minimum Gasteiger partial charge on any atom is -0.463 e. The Labute approximate surface area is 130 Å². The molecule has 0 aliphatic carbocycles. The molecule has 0 saturated heterocycles. The van der Waals surface area contributed by atoms with Crippen molar-refractivity contribution in [1.82, 2.24) is 0 Å². The van der Waals surface area contributed by atoms with Gasteiger partial charge in [-0.2, -0.15) is 5.26 Å². The van der Waals surface area contributed by atoms with Crippen LogP contribution in [0.3, 0.4) is 0 Å². The fourth-order valence-electron chi connectivity index (χ4n) is 1.83. The number of hydrogen-bond acceptors (Lipinski definition) is 5. The van der Waals surface area contributed by atoms with Gasteiger partial charge in [0.1, 0.15) is 11.8 Å². The number of carbonyl (C=O) groups excluding carboxylic acids is 1. The van der Waals surface area contributed by atoms with Gasteiger partial charge in [-0.1, -0.05) is 15.9 Å². The zero-order valence-electron chi connectivity index (χ0n) is 11.5. The molecule has 1 atom stereocenters. The van der Waals surface area contributed by atoms with E-state index >= 15 is 0 Å². The van der Waals surface area contributed by atoms with Gasteiger partial charge < -0.3 is 14.5 Å². The molecule has 0 amide bonds. The Bertz CT molecular complexity index is 703. The van der Waals surface area contributed by atoms with E-state index in [4.69, 9.17) is 9.68 Å². The van der Waals surface area contributed by atoms with Crippen molar-refractivity contribution in [2.45, 2.75) is 13.0 Å². The number of halogens is 1. The Morgan fingerprint density at radius 2 is 2.19 bits per heavy atom. The SMILES string of the molecule is COC(=O)c1ccc(C(C)Nc2cc(Br)ccc2C#N)o1. The van der Waals surface area contributed by atoms with Gasteiger partial charge in [0.05, 0.1) is 24.4 Å². The fourth-order valence-corrected chi connectivity index (χ4v) is 2.19. The van der Waals surface area contributed by atoms with E-state index < -0.39 is 5.97 Å². The highest BCUT2D eigenvalue weighted by atomic mass is 79.9. The van der Waals surface area contributed by atoms with Crippen molar-refractivity contribution in [2.24, 2.45) is 0 Å². The number of furan rings is 1. The molecule has 0 saturated carbocycles. The van der Waals surface area contributed by atoms with E-state index in [1.807, 2.05) is 13.0 Å². The number of esters is 1. The van der Waals surface area contributed by atoms with Crippen molar-refractivity contribution in [2.75, 3.05) is 12.4 Å². The molecule has 108 valence electrons. The second kappa shape index (κ2) is 6.46. The maximum atomic E-state index is 11.4. The predicted octanol–water partition coefficient (Wildman–Crippen LogP) is 3.87. The third kappa shape index (κ3) is 3.44. The van der Waals surface area contributed by atoms with Crippen molar-refractivity contribution in [1.29, 1.82) is 5.26 Å². The molecule has 1 aromatic carbocycles. The second-order valence-electron chi connectivity index (χ2n) is 4.36. The number of anilines is 1. The van der Waals surface area contributed by atoms with E-state index in [0.29, 0.717) is 17.0 Å². The first kappa shape index (κ1) is 15.1. The first-order valence-electron chi connectivity index (χ1n) is 6.19. The van der Waals surface area contributed by atoms with Crippen LogP contribution in [0.5, 0.6) is 0 Å². The third-order valence-corrected chi connectivity index (χ3v) is 3.41. The first-order chi connectivity index (χ1) is 10.0. The van der Waals surface area contributed by atoms with Crippen LogP contribution in [0.25, 0.3) is 0 Å². The van der Waals surface area contributed by atoms with Gasteiger partial charge in [-0.25, -0.2) is 4.79 Å². The van der Waals surface area contributed by atoms with Crippen LogP contribution >= 0.6 is 15.9 Å². The quantitative estimate of drug-likeness (QED) is 0.848.